The molecule has 1 fully saturated rings. The number of carbonyl (C=O) groups is 1. The lowest BCUT2D eigenvalue weighted by Gasteiger charge is -2.14. The number of phenols is 1. The number of fused-ring (bicyclic) bond motifs is 1. The number of phenolic OH excluding ortho intramolecular Hbond substituents is 1. The van der Waals surface area contributed by atoms with Gasteiger partial charge in [0.25, 0.3) is 5.91 Å². The van der Waals surface area contributed by atoms with E-state index >= 15 is 0 Å². The van der Waals surface area contributed by atoms with Crippen molar-refractivity contribution in [2.45, 2.75) is 31.7 Å². The Bertz CT molecular complexity index is 1180. The molecule has 0 aliphatic heterocycles. The Morgan fingerprint density at radius 1 is 1.03 bits per heavy atom. The Hall–Kier alpha value is -3.54. The van der Waals surface area contributed by atoms with E-state index < -0.39 is 0 Å². The van der Waals surface area contributed by atoms with E-state index in [1.807, 2.05) is 47.1 Å². The molecule has 4 aromatic rings. The number of carbonyl (C=O) groups excluding carboxylic acids is 1. The maximum absolute atomic E-state index is 13.0. The molecule has 1 aliphatic carbocycles. The number of rotatable bonds is 4. The number of pyridine rings is 1. The molecule has 3 heterocycles. The van der Waals surface area contributed by atoms with Gasteiger partial charge in [0.15, 0.2) is 0 Å². The molecule has 1 amide bonds. The molecule has 1 saturated carbocycles. The molecule has 1 aliphatic rings. The van der Waals surface area contributed by atoms with Crippen LogP contribution < -0.4 is 5.32 Å². The molecule has 29 heavy (non-hydrogen) atoms. The van der Waals surface area contributed by atoms with E-state index in [2.05, 4.69) is 15.1 Å². The minimum atomic E-state index is -0.211. The van der Waals surface area contributed by atoms with Crippen LogP contribution in [-0.2, 0) is 0 Å². The highest BCUT2D eigenvalue weighted by Crippen LogP contribution is 2.34. The standard InChI is InChI=1S/C23H22N4O2/c28-18-9-5-6-16(14-18)25-23(29)19-15-22(26-13-4-3-10-20(19)26)21-11-12-24-27(21)17-7-1-2-8-17/h3-6,9-15,17,28H,1-2,7-8H2,(H,25,29). The number of amides is 1. The highest BCUT2D eigenvalue weighted by atomic mass is 16.3. The largest absolute Gasteiger partial charge is 0.508 e. The van der Waals surface area contributed by atoms with Gasteiger partial charge >= 0.3 is 0 Å². The summed E-state index contributed by atoms with van der Waals surface area (Å²) in [6, 6.07) is 16.8. The van der Waals surface area contributed by atoms with Crippen LogP contribution >= 0.6 is 0 Å². The summed E-state index contributed by atoms with van der Waals surface area (Å²) >= 11 is 0. The summed E-state index contributed by atoms with van der Waals surface area (Å²) in [6.07, 6.45) is 8.56. The number of hydrogen-bond acceptors (Lipinski definition) is 3. The first-order chi connectivity index (χ1) is 14.2. The topological polar surface area (TPSA) is 71.6 Å². The maximum Gasteiger partial charge on any atom is 0.257 e. The van der Waals surface area contributed by atoms with E-state index in [1.54, 1.807) is 18.2 Å². The Kier molecular flexibility index (Phi) is 4.31. The third-order valence-corrected chi connectivity index (χ3v) is 5.63. The third-order valence-electron chi connectivity index (χ3n) is 5.63. The molecule has 6 heteroatoms. The summed E-state index contributed by atoms with van der Waals surface area (Å²) in [5, 5.41) is 17.1. The second-order valence-corrected chi connectivity index (χ2v) is 7.50. The van der Waals surface area contributed by atoms with E-state index in [1.165, 1.54) is 18.9 Å². The molecule has 0 bridgehead atoms. The number of hydrogen-bond donors (Lipinski definition) is 2. The summed E-state index contributed by atoms with van der Waals surface area (Å²) in [4.78, 5) is 13.0. The van der Waals surface area contributed by atoms with Gasteiger partial charge in [-0.1, -0.05) is 25.0 Å². The molecular formula is C23H22N4O2. The summed E-state index contributed by atoms with van der Waals surface area (Å²) in [6.45, 7) is 0. The van der Waals surface area contributed by atoms with Crippen molar-refractivity contribution >= 4 is 17.1 Å². The SMILES string of the molecule is O=C(Nc1cccc(O)c1)c1cc(-c2ccnn2C2CCCC2)n2ccccc12. The van der Waals surface area contributed by atoms with Crippen molar-refractivity contribution in [3.05, 3.63) is 72.6 Å². The molecule has 0 spiro atoms. The number of benzene rings is 1. The fourth-order valence-corrected chi connectivity index (χ4v) is 4.27. The van der Waals surface area contributed by atoms with Crippen molar-refractivity contribution in [3.8, 4) is 17.1 Å². The van der Waals surface area contributed by atoms with Gasteiger partial charge in [0.2, 0.25) is 0 Å². The van der Waals surface area contributed by atoms with Crippen LogP contribution in [-0.4, -0.2) is 25.2 Å². The van der Waals surface area contributed by atoms with Crippen LogP contribution in [0.15, 0.2) is 67.0 Å². The van der Waals surface area contributed by atoms with Crippen molar-refractivity contribution in [3.63, 3.8) is 0 Å². The van der Waals surface area contributed by atoms with E-state index in [9.17, 15) is 9.90 Å². The van der Waals surface area contributed by atoms with Gasteiger partial charge in [-0.05, 0) is 49.2 Å². The predicted molar refractivity (Wildman–Crippen MR) is 112 cm³/mol. The molecule has 146 valence electrons. The Labute approximate surface area is 168 Å². The molecule has 6 nitrogen and oxygen atoms in total. The van der Waals surface area contributed by atoms with Crippen molar-refractivity contribution in [2.75, 3.05) is 5.32 Å². The molecule has 1 aromatic carbocycles. The summed E-state index contributed by atoms with van der Waals surface area (Å²) in [5.74, 6) is -0.0943. The van der Waals surface area contributed by atoms with Crippen LogP contribution in [0, 0.1) is 0 Å². The minimum absolute atomic E-state index is 0.116. The van der Waals surface area contributed by atoms with Crippen molar-refractivity contribution in [1.29, 1.82) is 0 Å². The third kappa shape index (κ3) is 3.16. The van der Waals surface area contributed by atoms with Crippen molar-refractivity contribution in [2.24, 2.45) is 0 Å². The summed E-state index contributed by atoms with van der Waals surface area (Å²) in [5.41, 5.74) is 3.95. The zero-order chi connectivity index (χ0) is 19.8. The average Bonchev–Trinajstić information content (AvgIpc) is 3.46. The second kappa shape index (κ2) is 7.13. The molecule has 0 saturated heterocycles. The molecule has 5 rings (SSSR count). The summed E-state index contributed by atoms with van der Waals surface area (Å²) < 4.78 is 4.15. The highest BCUT2D eigenvalue weighted by Gasteiger charge is 2.23. The van der Waals surface area contributed by atoms with Gasteiger partial charge in [-0.3, -0.25) is 9.48 Å². The summed E-state index contributed by atoms with van der Waals surface area (Å²) in [7, 11) is 0. The zero-order valence-electron chi connectivity index (χ0n) is 16.0. The second-order valence-electron chi connectivity index (χ2n) is 7.50. The monoisotopic (exact) mass is 386 g/mol. The molecule has 3 aromatic heterocycles. The fraction of sp³-hybridized carbons (Fsp3) is 0.217. The van der Waals surface area contributed by atoms with Crippen LogP contribution in [0.2, 0.25) is 0 Å². The first-order valence-corrected chi connectivity index (χ1v) is 9.95. The number of nitrogens with zero attached hydrogens (tertiary/aromatic N) is 3. The van der Waals surface area contributed by atoms with Crippen molar-refractivity contribution < 1.29 is 9.90 Å². The van der Waals surface area contributed by atoms with E-state index in [0.29, 0.717) is 17.3 Å². The van der Waals surface area contributed by atoms with Gasteiger partial charge in [0.1, 0.15) is 5.75 Å². The average molecular weight is 386 g/mol. The Morgan fingerprint density at radius 3 is 2.72 bits per heavy atom. The first-order valence-electron chi connectivity index (χ1n) is 9.95. The number of aromatic nitrogens is 3. The molecular weight excluding hydrogens is 364 g/mol. The van der Waals surface area contributed by atoms with Gasteiger partial charge < -0.3 is 14.8 Å². The Balaban J connectivity index is 1.57. The van der Waals surface area contributed by atoms with Crippen LogP contribution in [0.25, 0.3) is 16.9 Å². The maximum atomic E-state index is 13.0. The van der Waals surface area contributed by atoms with E-state index in [0.717, 1.165) is 29.7 Å². The quantitative estimate of drug-likeness (QED) is 0.525. The lowest BCUT2D eigenvalue weighted by Crippen LogP contribution is -2.11. The van der Waals surface area contributed by atoms with E-state index in [4.69, 9.17) is 0 Å². The number of aromatic hydroxyl groups is 1. The zero-order valence-corrected chi connectivity index (χ0v) is 16.0. The molecule has 0 unspecified atom stereocenters. The van der Waals surface area contributed by atoms with Gasteiger partial charge in [0.05, 0.1) is 28.5 Å². The predicted octanol–water partition coefficient (Wildman–Crippen LogP) is 4.88. The normalized spacial score (nSPS) is 14.5. The first kappa shape index (κ1) is 17.6. The highest BCUT2D eigenvalue weighted by molar-refractivity contribution is 6.10. The van der Waals surface area contributed by atoms with Crippen LogP contribution in [0.5, 0.6) is 5.75 Å². The van der Waals surface area contributed by atoms with E-state index in [-0.39, 0.29) is 11.7 Å². The Morgan fingerprint density at radius 2 is 1.90 bits per heavy atom. The lowest BCUT2D eigenvalue weighted by molar-refractivity contribution is 0.102. The lowest BCUT2D eigenvalue weighted by atomic mass is 10.2. The number of nitrogens with one attached hydrogen (secondary N) is 1. The molecule has 0 radical (unpaired) electrons. The van der Waals surface area contributed by atoms with Crippen LogP contribution in [0.3, 0.4) is 0 Å². The smallest absolute Gasteiger partial charge is 0.257 e. The van der Waals surface area contributed by atoms with Crippen LogP contribution in [0.4, 0.5) is 5.69 Å². The van der Waals surface area contributed by atoms with Crippen molar-refractivity contribution in [1.82, 2.24) is 14.2 Å². The molecule has 2 N–H and O–H groups in total. The van der Waals surface area contributed by atoms with Crippen LogP contribution in [0.1, 0.15) is 42.1 Å². The van der Waals surface area contributed by atoms with Gasteiger partial charge in [-0.15, -0.1) is 0 Å². The van der Waals surface area contributed by atoms with Gasteiger partial charge in [0, 0.05) is 24.1 Å². The number of anilines is 1. The van der Waals surface area contributed by atoms with Gasteiger partial charge in [-0.2, -0.15) is 5.10 Å². The fourth-order valence-electron chi connectivity index (χ4n) is 4.27. The minimum Gasteiger partial charge on any atom is -0.508 e. The van der Waals surface area contributed by atoms with Gasteiger partial charge in [-0.25, -0.2) is 0 Å². The molecule has 0 atom stereocenters.